The van der Waals surface area contributed by atoms with E-state index in [2.05, 4.69) is 20.4 Å². The van der Waals surface area contributed by atoms with E-state index in [0.29, 0.717) is 32.4 Å². The molecular weight excluding hydrogens is 543 g/mol. The van der Waals surface area contributed by atoms with Crippen LogP contribution in [0.3, 0.4) is 0 Å². The highest BCUT2D eigenvalue weighted by Crippen LogP contribution is 2.41. The van der Waals surface area contributed by atoms with Gasteiger partial charge in [0.1, 0.15) is 28.4 Å². The number of fused-ring (bicyclic) bond motifs is 1. The highest BCUT2D eigenvalue weighted by atomic mass is 19.4. The number of amides is 1. The van der Waals surface area contributed by atoms with Gasteiger partial charge in [0, 0.05) is 31.3 Å². The van der Waals surface area contributed by atoms with Gasteiger partial charge in [0.05, 0.1) is 13.3 Å². The van der Waals surface area contributed by atoms with Crippen LogP contribution in [-0.4, -0.2) is 73.7 Å². The standard InChI is InChI=1S/C25H29F5N6O4/c1-23(2,3)40-22(37)35-8-6-7-13(12-35)32-21-15(27)9-14(26)19(33-21)16-11-31-18-10-17(39-5)20(34-36(16)18)24(4,38)25(28,29)30/h9-11,13,38H,6-8,12H2,1-5H3,(H,32,33). The number of aromatic nitrogens is 4. The topological polar surface area (TPSA) is 114 Å². The van der Waals surface area contributed by atoms with Crippen molar-refractivity contribution in [2.24, 2.45) is 0 Å². The molecule has 2 N–H and O–H groups in total. The van der Waals surface area contributed by atoms with E-state index in [4.69, 9.17) is 9.47 Å². The molecule has 40 heavy (non-hydrogen) atoms. The summed E-state index contributed by atoms with van der Waals surface area (Å²) in [4.78, 5) is 22.1. The van der Waals surface area contributed by atoms with Crippen LogP contribution < -0.4 is 10.1 Å². The number of aliphatic hydroxyl groups is 1. The molecule has 0 bridgehead atoms. The van der Waals surface area contributed by atoms with E-state index in [1.807, 2.05) is 0 Å². The minimum atomic E-state index is -5.12. The van der Waals surface area contributed by atoms with Gasteiger partial charge in [0.2, 0.25) is 5.60 Å². The van der Waals surface area contributed by atoms with E-state index < -0.39 is 58.3 Å². The summed E-state index contributed by atoms with van der Waals surface area (Å²) in [6.07, 6.45) is -3.39. The van der Waals surface area contributed by atoms with Gasteiger partial charge in [-0.2, -0.15) is 18.3 Å². The minimum Gasteiger partial charge on any atom is -0.495 e. The Hall–Kier alpha value is -3.75. The highest BCUT2D eigenvalue weighted by Gasteiger charge is 2.54. The quantitative estimate of drug-likeness (QED) is 0.425. The van der Waals surface area contributed by atoms with Crippen molar-refractivity contribution in [1.82, 2.24) is 24.5 Å². The van der Waals surface area contributed by atoms with Gasteiger partial charge in [-0.15, -0.1) is 0 Å². The van der Waals surface area contributed by atoms with Crippen molar-refractivity contribution in [3.63, 3.8) is 0 Å². The first-order chi connectivity index (χ1) is 18.5. The van der Waals surface area contributed by atoms with Crippen LogP contribution in [0.2, 0.25) is 0 Å². The normalized spacial score (nSPS) is 18.0. The maximum absolute atomic E-state index is 15.0. The molecule has 3 aromatic heterocycles. The van der Waals surface area contributed by atoms with Crippen molar-refractivity contribution in [3.8, 4) is 17.1 Å². The van der Waals surface area contributed by atoms with E-state index in [1.165, 1.54) is 4.90 Å². The van der Waals surface area contributed by atoms with Crippen molar-refractivity contribution in [1.29, 1.82) is 0 Å². The molecular formula is C25H29F5N6O4. The summed E-state index contributed by atoms with van der Waals surface area (Å²) in [5.41, 5.74) is -5.69. The summed E-state index contributed by atoms with van der Waals surface area (Å²) in [5, 5.41) is 17.0. The van der Waals surface area contributed by atoms with Crippen LogP contribution in [0.5, 0.6) is 5.75 Å². The largest absolute Gasteiger partial charge is 0.495 e. The Kier molecular flexibility index (Phi) is 7.56. The number of methoxy groups -OCH3 is 1. The molecule has 0 aliphatic carbocycles. The lowest BCUT2D eigenvalue weighted by atomic mass is 10.0. The molecule has 3 aromatic rings. The Bertz CT molecular complexity index is 1420. The number of pyridine rings is 1. The van der Waals surface area contributed by atoms with E-state index in [1.54, 1.807) is 20.8 Å². The smallest absolute Gasteiger partial charge is 0.422 e. The summed E-state index contributed by atoms with van der Waals surface area (Å²) >= 11 is 0. The van der Waals surface area contributed by atoms with Gasteiger partial charge in [-0.3, -0.25) is 0 Å². The van der Waals surface area contributed by atoms with E-state index in [9.17, 15) is 31.9 Å². The van der Waals surface area contributed by atoms with Crippen LogP contribution >= 0.6 is 0 Å². The fraction of sp³-hybridized carbons (Fsp3) is 0.520. The molecule has 2 atom stereocenters. The molecule has 1 fully saturated rings. The molecule has 10 nitrogen and oxygen atoms in total. The zero-order valence-electron chi connectivity index (χ0n) is 22.4. The Morgan fingerprint density at radius 1 is 1.15 bits per heavy atom. The Labute approximate surface area is 226 Å². The molecule has 0 saturated carbocycles. The average molecular weight is 573 g/mol. The molecule has 4 heterocycles. The van der Waals surface area contributed by atoms with Crippen LogP contribution in [0.25, 0.3) is 17.0 Å². The summed E-state index contributed by atoms with van der Waals surface area (Å²) in [5.74, 6) is -2.86. The number of anilines is 1. The van der Waals surface area contributed by atoms with Crippen LogP contribution in [0.15, 0.2) is 18.3 Å². The molecule has 2 unspecified atom stereocenters. The molecule has 0 radical (unpaired) electrons. The van der Waals surface area contributed by atoms with Crippen molar-refractivity contribution >= 4 is 17.6 Å². The summed E-state index contributed by atoms with van der Waals surface area (Å²) < 4.78 is 81.8. The van der Waals surface area contributed by atoms with Crippen molar-refractivity contribution < 1.29 is 41.3 Å². The number of nitrogens with one attached hydrogen (secondary N) is 1. The first-order valence-corrected chi connectivity index (χ1v) is 12.3. The first kappa shape index (κ1) is 29.2. The maximum atomic E-state index is 15.0. The highest BCUT2D eigenvalue weighted by molar-refractivity contribution is 5.68. The maximum Gasteiger partial charge on any atom is 0.422 e. The van der Waals surface area contributed by atoms with Crippen LogP contribution in [0.4, 0.5) is 32.6 Å². The third kappa shape index (κ3) is 5.74. The fourth-order valence-corrected chi connectivity index (χ4v) is 4.22. The lowest BCUT2D eigenvalue weighted by Crippen LogP contribution is -2.47. The Balaban J connectivity index is 1.69. The number of rotatable bonds is 5. The minimum absolute atomic E-state index is 0.0334. The molecule has 1 aliphatic rings. The van der Waals surface area contributed by atoms with Gasteiger partial charge in [-0.25, -0.2) is 28.1 Å². The molecule has 15 heteroatoms. The predicted octanol–water partition coefficient (Wildman–Crippen LogP) is 4.66. The van der Waals surface area contributed by atoms with E-state index >= 15 is 0 Å². The number of carbonyl (C=O) groups is 1. The van der Waals surface area contributed by atoms with Crippen LogP contribution in [-0.2, 0) is 10.3 Å². The number of alkyl halides is 3. The summed E-state index contributed by atoms with van der Waals surface area (Å²) in [6.45, 7) is 6.34. The zero-order chi connectivity index (χ0) is 29.6. The van der Waals surface area contributed by atoms with Gasteiger partial charge in [-0.1, -0.05) is 0 Å². The monoisotopic (exact) mass is 572 g/mol. The summed E-state index contributed by atoms with van der Waals surface area (Å²) in [6, 6.07) is 1.23. The third-order valence-electron chi connectivity index (χ3n) is 6.28. The molecule has 1 aliphatic heterocycles. The number of imidazole rings is 1. The lowest BCUT2D eigenvalue weighted by molar-refractivity contribution is -0.261. The second kappa shape index (κ2) is 10.3. The molecule has 218 valence electrons. The third-order valence-corrected chi connectivity index (χ3v) is 6.28. The number of carbonyl (C=O) groups excluding carboxylic acids is 1. The predicted molar refractivity (Wildman–Crippen MR) is 133 cm³/mol. The molecule has 0 aromatic carbocycles. The SMILES string of the molecule is COc1cc2ncc(-c3nc(NC4CCCN(C(=O)OC(C)(C)C)C4)c(F)cc3F)n2nc1C(C)(O)C(F)(F)F. The average Bonchev–Trinajstić information content (AvgIpc) is 3.26. The molecule has 1 saturated heterocycles. The number of nitrogens with zero attached hydrogens (tertiary/aromatic N) is 5. The van der Waals surface area contributed by atoms with Crippen molar-refractivity contribution in [3.05, 3.63) is 35.7 Å². The number of piperidine rings is 1. The second-order valence-corrected chi connectivity index (χ2v) is 10.6. The van der Waals surface area contributed by atoms with Crippen molar-refractivity contribution in [2.45, 2.75) is 64.0 Å². The number of likely N-dealkylation sites (tertiary alicyclic amines) is 1. The lowest BCUT2D eigenvalue weighted by Gasteiger charge is -2.34. The van der Waals surface area contributed by atoms with Gasteiger partial charge < -0.3 is 24.8 Å². The second-order valence-electron chi connectivity index (χ2n) is 10.6. The number of halogens is 5. The number of hydrogen-bond donors (Lipinski definition) is 2. The summed E-state index contributed by atoms with van der Waals surface area (Å²) in [7, 11) is 1.10. The van der Waals surface area contributed by atoms with Gasteiger partial charge in [-0.05, 0) is 40.5 Å². The van der Waals surface area contributed by atoms with E-state index in [0.717, 1.165) is 23.9 Å². The van der Waals surface area contributed by atoms with E-state index in [-0.39, 0.29) is 23.7 Å². The molecule has 4 rings (SSSR count). The van der Waals surface area contributed by atoms with Crippen LogP contribution in [0, 0.1) is 11.6 Å². The molecule has 0 spiro atoms. The van der Waals surface area contributed by atoms with Gasteiger partial charge in [0.15, 0.2) is 23.1 Å². The number of ether oxygens (including phenoxy) is 2. The fourth-order valence-electron chi connectivity index (χ4n) is 4.22. The van der Waals surface area contributed by atoms with Crippen LogP contribution in [0.1, 0.15) is 46.2 Å². The first-order valence-electron chi connectivity index (χ1n) is 12.3. The Morgan fingerprint density at radius 3 is 2.48 bits per heavy atom. The Morgan fingerprint density at radius 2 is 1.85 bits per heavy atom. The van der Waals surface area contributed by atoms with Gasteiger partial charge in [0.25, 0.3) is 0 Å². The zero-order valence-corrected chi connectivity index (χ0v) is 22.4. The molecule has 1 amide bonds. The number of hydrogen-bond acceptors (Lipinski definition) is 8. The van der Waals surface area contributed by atoms with Gasteiger partial charge >= 0.3 is 12.3 Å². The van der Waals surface area contributed by atoms with Crippen molar-refractivity contribution in [2.75, 3.05) is 25.5 Å².